The third kappa shape index (κ3) is 3.26. The van der Waals surface area contributed by atoms with Crippen LogP contribution in [0.3, 0.4) is 0 Å². The molecule has 1 N–H and O–H groups in total. The monoisotopic (exact) mass is 307 g/mol. The number of aliphatic hydroxyl groups excluding tert-OH is 1. The summed E-state index contributed by atoms with van der Waals surface area (Å²) in [6.07, 6.45) is 1.58. The Morgan fingerprint density at radius 1 is 1.43 bits per heavy atom. The SMILES string of the molecule is CC(c1nnc(-c2cccc(Cl)c2)o1)N1CCCC(O)C1. The summed E-state index contributed by atoms with van der Waals surface area (Å²) < 4.78 is 5.77. The van der Waals surface area contributed by atoms with Crippen molar-refractivity contribution < 1.29 is 9.52 Å². The number of hydrogen-bond donors (Lipinski definition) is 1. The number of hydrogen-bond acceptors (Lipinski definition) is 5. The van der Waals surface area contributed by atoms with Crippen molar-refractivity contribution in [2.24, 2.45) is 0 Å². The highest BCUT2D eigenvalue weighted by atomic mass is 35.5. The van der Waals surface area contributed by atoms with Crippen molar-refractivity contribution in [1.82, 2.24) is 15.1 Å². The molecule has 5 nitrogen and oxygen atoms in total. The Bertz CT molecular complexity index is 616. The van der Waals surface area contributed by atoms with E-state index < -0.39 is 0 Å². The molecule has 1 aromatic carbocycles. The molecule has 0 spiro atoms. The van der Waals surface area contributed by atoms with Gasteiger partial charge in [0.1, 0.15) is 0 Å². The maximum atomic E-state index is 9.77. The van der Waals surface area contributed by atoms with Crippen LogP contribution in [0.2, 0.25) is 5.02 Å². The molecule has 1 aliphatic rings. The summed E-state index contributed by atoms with van der Waals surface area (Å²) in [7, 11) is 0. The molecule has 0 amide bonds. The van der Waals surface area contributed by atoms with Crippen LogP contribution in [-0.4, -0.2) is 39.4 Å². The zero-order valence-electron chi connectivity index (χ0n) is 11.9. The van der Waals surface area contributed by atoms with Crippen LogP contribution in [0.4, 0.5) is 0 Å². The first-order valence-corrected chi connectivity index (χ1v) is 7.53. The predicted octanol–water partition coefficient (Wildman–Crippen LogP) is 2.91. The van der Waals surface area contributed by atoms with Gasteiger partial charge in [-0.15, -0.1) is 10.2 Å². The van der Waals surface area contributed by atoms with E-state index >= 15 is 0 Å². The molecule has 3 rings (SSSR count). The zero-order chi connectivity index (χ0) is 14.8. The highest BCUT2D eigenvalue weighted by molar-refractivity contribution is 6.30. The van der Waals surface area contributed by atoms with Crippen LogP contribution >= 0.6 is 11.6 Å². The molecule has 1 saturated heterocycles. The standard InChI is InChI=1S/C15H18ClN3O2/c1-10(19-7-3-6-13(20)9-19)14-17-18-15(21-14)11-4-2-5-12(16)8-11/h2,4-5,8,10,13,20H,3,6-7,9H2,1H3. The van der Waals surface area contributed by atoms with Crippen LogP contribution < -0.4 is 0 Å². The van der Waals surface area contributed by atoms with Crippen molar-refractivity contribution in [3.8, 4) is 11.5 Å². The molecule has 2 atom stereocenters. The maximum absolute atomic E-state index is 9.77. The van der Waals surface area contributed by atoms with Crippen molar-refractivity contribution in [2.45, 2.75) is 31.9 Å². The number of halogens is 1. The van der Waals surface area contributed by atoms with Crippen molar-refractivity contribution in [1.29, 1.82) is 0 Å². The predicted molar refractivity (Wildman–Crippen MR) is 80.0 cm³/mol. The summed E-state index contributed by atoms with van der Waals surface area (Å²) in [6, 6.07) is 7.35. The highest BCUT2D eigenvalue weighted by Crippen LogP contribution is 2.27. The molecule has 1 aromatic heterocycles. The molecule has 0 aliphatic carbocycles. The summed E-state index contributed by atoms with van der Waals surface area (Å²) in [5.41, 5.74) is 0.812. The van der Waals surface area contributed by atoms with Gasteiger partial charge in [-0.2, -0.15) is 0 Å². The van der Waals surface area contributed by atoms with Gasteiger partial charge in [0, 0.05) is 17.1 Å². The molecule has 2 heterocycles. The Morgan fingerprint density at radius 2 is 2.29 bits per heavy atom. The number of piperidine rings is 1. The van der Waals surface area contributed by atoms with Gasteiger partial charge in [-0.3, -0.25) is 4.90 Å². The number of β-amino-alcohol motifs (C(OH)–C–C–N with tert-alkyl or cyclic N) is 1. The second-order valence-corrected chi connectivity index (χ2v) is 5.86. The van der Waals surface area contributed by atoms with E-state index in [0.29, 0.717) is 23.3 Å². The fourth-order valence-corrected chi connectivity index (χ4v) is 2.82. The maximum Gasteiger partial charge on any atom is 0.247 e. The van der Waals surface area contributed by atoms with Gasteiger partial charge in [0.15, 0.2) is 0 Å². The van der Waals surface area contributed by atoms with Crippen LogP contribution in [-0.2, 0) is 0 Å². The van der Waals surface area contributed by atoms with Gasteiger partial charge in [0.05, 0.1) is 12.1 Å². The van der Waals surface area contributed by atoms with Crippen LogP contribution in [0.5, 0.6) is 0 Å². The van der Waals surface area contributed by atoms with Gasteiger partial charge in [-0.05, 0) is 44.5 Å². The summed E-state index contributed by atoms with van der Waals surface area (Å²) in [4.78, 5) is 2.17. The second kappa shape index (κ2) is 6.13. The molecule has 0 radical (unpaired) electrons. The van der Waals surface area contributed by atoms with E-state index in [4.69, 9.17) is 16.0 Å². The van der Waals surface area contributed by atoms with Crippen LogP contribution in [0.15, 0.2) is 28.7 Å². The average molecular weight is 308 g/mol. The Hall–Kier alpha value is -1.43. The number of aliphatic hydroxyl groups is 1. The Kier molecular flexibility index (Phi) is 4.24. The van der Waals surface area contributed by atoms with Crippen LogP contribution in [0.1, 0.15) is 31.7 Å². The molecular formula is C15H18ClN3O2. The third-order valence-corrected chi connectivity index (χ3v) is 4.08. The van der Waals surface area contributed by atoms with Gasteiger partial charge >= 0.3 is 0 Å². The minimum atomic E-state index is -0.267. The first-order chi connectivity index (χ1) is 10.1. The van der Waals surface area contributed by atoms with E-state index in [-0.39, 0.29) is 12.1 Å². The van der Waals surface area contributed by atoms with E-state index in [9.17, 15) is 5.11 Å². The van der Waals surface area contributed by atoms with E-state index in [2.05, 4.69) is 15.1 Å². The van der Waals surface area contributed by atoms with Gasteiger partial charge < -0.3 is 9.52 Å². The van der Waals surface area contributed by atoms with Crippen molar-refractivity contribution in [2.75, 3.05) is 13.1 Å². The first kappa shape index (κ1) is 14.5. The Labute approximate surface area is 128 Å². The first-order valence-electron chi connectivity index (χ1n) is 7.15. The highest BCUT2D eigenvalue weighted by Gasteiger charge is 2.26. The molecule has 2 aromatic rings. The lowest BCUT2D eigenvalue weighted by atomic mass is 10.1. The fourth-order valence-electron chi connectivity index (χ4n) is 2.63. The second-order valence-electron chi connectivity index (χ2n) is 5.42. The molecule has 112 valence electrons. The normalized spacial score (nSPS) is 21.4. The van der Waals surface area contributed by atoms with Crippen LogP contribution in [0.25, 0.3) is 11.5 Å². The van der Waals surface area contributed by atoms with Gasteiger partial charge in [-0.1, -0.05) is 17.7 Å². The lowest BCUT2D eigenvalue weighted by Gasteiger charge is -2.33. The van der Waals surface area contributed by atoms with Gasteiger partial charge in [-0.25, -0.2) is 0 Å². The van der Waals surface area contributed by atoms with Gasteiger partial charge in [0.25, 0.3) is 0 Å². The Balaban J connectivity index is 1.78. The molecular weight excluding hydrogens is 290 g/mol. The molecule has 2 unspecified atom stereocenters. The van der Waals surface area contributed by atoms with E-state index in [1.165, 1.54) is 0 Å². The molecule has 1 fully saturated rings. The fraction of sp³-hybridized carbons (Fsp3) is 0.467. The molecule has 0 saturated carbocycles. The number of benzene rings is 1. The number of rotatable bonds is 3. The topological polar surface area (TPSA) is 62.4 Å². The average Bonchev–Trinajstić information content (AvgIpc) is 2.96. The third-order valence-electron chi connectivity index (χ3n) is 3.85. The lowest BCUT2D eigenvalue weighted by molar-refractivity contribution is 0.0439. The smallest absolute Gasteiger partial charge is 0.247 e. The summed E-state index contributed by atoms with van der Waals surface area (Å²) in [6.45, 7) is 3.61. The Morgan fingerprint density at radius 3 is 3.05 bits per heavy atom. The minimum Gasteiger partial charge on any atom is -0.419 e. The summed E-state index contributed by atoms with van der Waals surface area (Å²) in [5, 5.41) is 18.6. The number of nitrogens with zero attached hydrogens (tertiary/aromatic N) is 3. The van der Waals surface area contributed by atoms with Crippen LogP contribution in [0, 0.1) is 0 Å². The lowest BCUT2D eigenvalue weighted by Crippen LogP contribution is -2.39. The minimum absolute atomic E-state index is 0.000356. The van der Waals surface area contributed by atoms with E-state index in [0.717, 1.165) is 24.9 Å². The van der Waals surface area contributed by atoms with Crippen molar-refractivity contribution >= 4 is 11.6 Å². The quantitative estimate of drug-likeness (QED) is 0.944. The number of likely N-dealkylation sites (tertiary alicyclic amines) is 1. The molecule has 1 aliphatic heterocycles. The summed E-state index contributed by atoms with van der Waals surface area (Å²) in [5.74, 6) is 1.04. The largest absolute Gasteiger partial charge is 0.419 e. The van der Waals surface area contributed by atoms with E-state index in [1.807, 2.05) is 19.1 Å². The van der Waals surface area contributed by atoms with Crippen molar-refractivity contribution in [3.63, 3.8) is 0 Å². The summed E-state index contributed by atoms with van der Waals surface area (Å²) >= 11 is 5.98. The molecule has 21 heavy (non-hydrogen) atoms. The zero-order valence-corrected chi connectivity index (χ0v) is 12.6. The van der Waals surface area contributed by atoms with Crippen molar-refractivity contribution in [3.05, 3.63) is 35.2 Å². The van der Waals surface area contributed by atoms with E-state index in [1.54, 1.807) is 12.1 Å². The number of aromatic nitrogens is 2. The van der Waals surface area contributed by atoms with Gasteiger partial charge in [0.2, 0.25) is 11.8 Å². The molecule has 0 bridgehead atoms. The molecule has 6 heteroatoms.